The zero-order valence-corrected chi connectivity index (χ0v) is 16.8. The number of rotatable bonds is 7. The van der Waals surface area contributed by atoms with Crippen LogP contribution >= 0.6 is 0 Å². The number of anilines is 1. The lowest BCUT2D eigenvalue weighted by Gasteiger charge is -2.16. The van der Waals surface area contributed by atoms with Gasteiger partial charge in [-0.2, -0.15) is 0 Å². The number of methoxy groups -OCH3 is 2. The Morgan fingerprint density at radius 3 is 2.61 bits per heavy atom. The van der Waals surface area contributed by atoms with Crippen molar-refractivity contribution in [2.24, 2.45) is 0 Å². The highest BCUT2D eigenvalue weighted by Crippen LogP contribution is 2.37. The van der Waals surface area contributed by atoms with E-state index in [1.807, 2.05) is 0 Å². The Balaban J connectivity index is 1.59. The van der Waals surface area contributed by atoms with E-state index >= 15 is 0 Å². The Bertz CT molecular complexity index is 1080. The molecule has 0 radical (unpaired) electrons. The predicted molar refractivity (Wildman–Crippen MR) is 107 cm³/mol. The van der Waals surface area contributed by atoms with E-state index in [0.717, 1.165) is 0 Å². The van der Waals surface area contributed by atoms with Crippen molar-refractivity contribution < 1.29 is 34.6 Å². The van der Waals surface area contributed by atoms with Gasteiger partial charge in [-0.15, -0.1) is 0 Å². The standard InChI is InChI=1S/C19H23N5O7/c1-29-11-4-9(3-10(26)16(11)30-2)5-20-17-13-18(22-7-21-17)24(8-23-13)19-15(28)14(27)12(6-25)31-19/h3-4,7-8,12,14-15,19,25-28H,5-6H2,1-2H3,(H,20,21,22)/t12-,14-,15-,19-/m1/s1. The number of benzene rings is 1. The Labute approximate surface area is 176 Å². The van der Waals surface area contributed by atoms with Crippen LogP contribution in [0.15, 0.2) is 24.8 Å². The highest BCUT2D eigenvalue weighted by molar-refractivity contribution is 5.82. The van der Waals surface area contributed by atoms with Gasteiger partial charge in [-0.3, -0.25) is 4.57 Å². The number of imidazole rings is 1. The van der Waals surface area contributed by atoms with Crippen LogP contribution in [0.4, 0.5) is 5.82 Å². The summed E-state index contributed by atoms with van der Waals surface area (Å²) in [5, 5.41) is 42.9. The third-order valence-corrected chi connectivity index (χ3v) is 5.13. The molecule has 0 bridgehead atoms. The molecule has 4 rings (SSSR count). The lowest BCUT2D eigenvalue weighted by atomic mass is 10.1. The Morgan fingerprint density at radius 2 is 1.94 bits per heavy atom. The zero-order chi connectivity index (χ0) is 22.1. The number of nitrogens with one attached hydrogen (secondary N) is 1. The molecule has 4 atom stereocenters. The van der Waals surface area contributed by atoms with Crippen LogP contribution in [-0.2, 0) is 11.3 Å². The van der Waals surface area contributed by atoms with Crippen molar-refractivity contribution in [1.29, 1.82) is 0 Å². The molecule has 5 N–H and O–H groups in total. The summed E-state index contributed by atoms with van der Waals surface area (Å²) in [6, 6.07) is 3.27. The Hall–Kier alpha value is -3.19. The molecule has 1 aliphatic rings. The van der Waals surface area contributed by atoms with Crippen LogP contribution in [0, 0.1) is 0 Å². The van der Waals surface area contributed by atoms with Crippen LogP contribution in [0.2, 0.25) is 0 Å². The minimum absolute atomic E-state index is 0.0554. The number of aliphatic hydroxyl groups excluding tert-OH is 3. The second-order valence-corrected chi connectivity index (χ2v) is 6.98. The highest BCUT2D eigenvalue weighted by atomic mass is 16.6. The fraction of sp³-hybridized carbons (Fsp3) is 0.421. The molecule has 12 nitrogen and oxygen atoms in total. The van der Waals surface area contributed by atoms with E-state index in [2.05, 4.69) is 20.3 Å². The minimum Gasteiger partial charge on any atom is -0.504 e. The average molecular weight is 433 g/mol. The quantitative estimate of drug-likeness (QED) is 0.334. The van der Waals surface area contributed by atoms with Crippen LogP contribution in [0.5, 0.6) is 17.2 Å². The first-order valence-electron chi connectivity index (χ1n) is 9.46. The maximum Gasteiger partial charge on any atom is 0.203 e. The number of aliphatic hydroxyl groups is 3. The SMILES string of the molecule is COc1cc(CNc2ncnc3c2ncn3[C@@H]2O[C@H](CO)[C@@H](O)[C@H]2O)cc(O)c1OC. The van der Waals surface area contributed by atoms with Crippen molar-refractivity contribution in [2.75, 3.05) is 26.1 Å². The van der Waals surface area contributed by atoms with Gasteiger partial charge in [0.15, 0.2) is 34.7 Å². The maximum atomic E-state index is 10.3. The number of nitrogens with zero attached hydrogens (tertiary/aromatic N) is 4. The smallest absolute Gasteiger partial charge is 0.203 e. The van der Waals surface area contributed by atoms with Crippen molar-refractivity contribution >= 4 is 17.0 Å². The van der Waals surface area contributed by atoms with E-state index in [0.29, 0.717) is 34.8 Å². The van der Waals surface area contributed by atoms with Gasteiger partial charge in [-0.1, -0.05) is 0 Å². The average Bonchev–Trinajstić information content (AvgIpc) is 3.33. The van der Waals surface area contributed by atoms with Gasteiger partial charge in [0, 0.05) is 6.54 Å². The number of hydrogen-bond donors (Lipinski definition) is 5. The minimum atomic E-state index is -1.25. The molecule has 1 saturated heterocycles. The first kappa shape index (κ1) is 21.1. The van der Waals surface area contributed by atoms with E-state index in [1.54, 1.807) is 12.1 Å². The normalized spacial score (nSPS) is 23.3. The van der Waals surface area contributed by atoms with Gasteiger partial charge in [0.25, 0.3) is 0 Å². The van der Waals surface area contributed by atoms with Gasteiger partial charge >= 0.3 is 0 Å². The van der Waals surface area contributed by atoms with Gasteiger partial charge in [0.1, 0.15) is 24.6 Å². The van der Waals surface area contributed by atoms with Crippen LogP contribution in [-0.4, -0.2) is 79.1 Å². The Morgan fingerprint density at radius 1 is 1.13 bits per heavy atom. The summed E-state index contributed by atoms with van der Waals surface area (Å²) in [4.78, 5) is 12.7. The van der Waals surface area contributed by atoms with Crippen LogP contribution < -0.4 is 14.8 Å². The van der Waals surface area contributed by atoms with Crippen molar-refractivity contribution in [2.45, 2.75) is 31.1 Å². The highest BCUT2D eigenvalue weighted by Gasteiger charge is 2.44. The number of aromatic nitrogens is 4. The van der Waals surface area contributed by atoms with Gasteiger partial charge in [-0.05, 0) is 17.7 Å². The number of phenolic OH excluding ortho intramolecular Hbond substituents is 1. The molecule has 31 heavy (non-hydrogen) atoms. The van der Waals surface area contributed by atoms with E-state index in [9.17, 15) is 20.4 Å². The van der Waals surface area contributed by atoms with Crippen molar-refractivity contribution in [1.82, 2.24) is 19.5 Å². The van der Waals surface area contributed by atoms with E-state index in [1.165, 1.54) is 31.4 Å². The van der Waals surface area contributed by atoms with E-state index < -0.39 is 31.1 Å². The molecule has 1 aliphatic heterocycles. The molecule has 0 spiro atoms. The summed E-state index contributed by atoms with van der Waals surface area (Å²) >= 11 is 0. The van der Waals surface area contributed by atoms with Crippen molar-refractivity contribution in [3.05, 3.63) is 30.4 Å². The molecule has 12 heteroatoms. The number of fused-ring (bicyclic) bond motifs is 1. The molecule has 0 aliphatic carbocycles. The monoisotopic (exact) mass is 433 g/mol. The fourth-order valence-electron chi connectivity index (χ4n) is 3.56. The summed E-state index contributed by atoms with van der Waals surface area (Å²) < 4.78 is 17.4. The third-order valence-electron chi connectivity index (χ3n) is 5.13. The van der Waals surface area contributed by atoms with Crippen LogP contribution in [0.25, 0.3) is 11.2 Å². The van der Waals surface area contributed by atoms with Crippen LogP contribution in [0.3, 0.4) is 0 Å². The Kier molecular flexibility index (Phi) is 5.78. The van der Waals surface area contributed by atoms with Gasteiger partial charge in [0.05, 0.1) is 27.2 Å². The topological polar surface area (TPSA) is 164 Å². The first-order chi connectivity index (χ1) is 15.0. The zero-order valence-electron chi connectivity index (χ0n) is 16.8. The molecular weight excluding hydrogens is 410 g/mol. The molecule has 0 saturated carbocycles. The number of phenols is 1. The number of hydrogen-bond acceptors (Lipinski definition) is 11. The molecule has 3 aromatic rings. The number of aromatic hydroxyl groups is 1. The summed E-state index contributed by atoms with van der Waals surface area (Å²) in [6.45, 7) is -0.137. The van der Waals surface area contributed by atoms with Crippen molar-refractivity contribution in [3.8, 4) is 17.2 Å². The van der Waals surface area contributed by atoms with Crippen LogP contribution in [0.1, 0.15) is 11.8 Å². The second kappa shape index (κ2) is 8.51. The summed E-state index contributed by atoms with van der Waals surface area (Å²) in [5.74, 6) is 0.999. The lowest BCUT2D eigenvalue weighted by molar-refractivity contribution is -0.0511. The molecule has 3 heterocycles. The van der Waals surface area contributed by atoms with Gasteiger partial charge < -0.3 is 40.0 Å². The maximum absolute atomic E-state index is 10.3. The van der Waals surface area contributed by atoms with Gasteiger partial charge in [0.2, 0.25) is 5.75 Å². The molecule has 0 unspecified atom stereocenters. The lowest BCUT2D eigenvalue weighted by Crippen LogP contribution is -2.33. The third kappa shape index (κ3) is 3.70. The molecule has 1 aromatic carbocycles. The van der Waals surface area contributed by atoms with E-state index in [4.69, 9.17) is 14.2 Å². The largest absolute Gasteiger partial charge is 0.504 e. The summed E-state index contributed by atoms with van der Waals surface area (Å²) in [7, 11) is 2.92. The van der Waals surface area contributed by atoms with E-state index in [-0.39, 0.29) is 11.5 Å². The summed E-state index contributed by atoms with van der Waals surface area (Å²) in [5.41, 5.74) is 1.51. The second-order valence-electron chi connectivity index (χ2n) is 6.98. The number of ether oxygens (including phenoxy) is 3. The first-order valence-corrected chi connectivity index (χ1v) is 9.46. The molecule has 1 fully saturated rings. The molecule has 0 amide bonds. The molecular formula is C19H23N5O7. The fourth-order valence-corrected chi connectivity index (χ4v) is 3.56. The summed E-state index contributed by atoms with van der Waals surface area (Å²) in [6.07, 6.45) is -1.60. The van der Waals surface area contributed by atoms with Gasteiger partial charge in [-0.25, -0.2) is 15.0 Å². The molecule has 2 aromatic heterocycles. The predicted octanol–water partition coefficient (Wildman–Crippen LogP) is -0.227. The molecule has 166 valence electrons. The van der Waals surface area contributed by atoms with Crippen molar-refractivity contribution in [3.63, 3.8) is 0 Å².